The summed E-state index contributed by atoms with van der Waals surface area (Å²) in [6.45, 7) is 12.2. The SMILES string of the molecule is CCC(C)(C)C(=O)OCCC[Si](C)(O[SiH](C)C)O[SiH](C)O[Si](O[Si](C)(C)O)([Si](O[Si]O)([Si]O)[Si]O)[Si](O)([Si]O)[SiH](C)C. The fourth-order valence-corrected chi connectivity index (χ4v) is 128. The highest BCUT2D eigenvalue weighted by Crippen LogP contribution is 2.34. The lowest BCUT2D eigenvalue weighted by Crippen LogP contribution is -2.93. The number of esters is 1. The Morgan fingerprint density at radius 1 is 0.881 bits per heavy atom. The van der Waals surface area contributed by atoms with Gasteiger partial charge in [0.05, 0.1) is 20.3 Å². The first-order chi connectivity index (χ1) is 19.1. The second-order valence-corrected chi connectivity index (χ2v) is 66.3. The topological polar surface area (TPSA) is 194 Å². The molecule has 0 aromatic carbocycles. The van der Waals surface area contributed by atoms with Crippen molar-refractivity contribution >= 4 is 109 Å². The van der Waals surface area contributed by atoms with Crippen molar-refractivity contribution in [3.63, 3.8) is 0 Å². The smallest absolute Gasteiger partial charge is 0.418 e. The number of hydrogen-bond acceptors (Lipinski definition) is 13. The standard InChI is InChI=1S/C17H50O13Si12/c1-12-17(2,3)16(18)25-14-13-15-39(11,27-35(4)5)28-37(8)29-41(30-38(9,10)23,40(24,32-20)36(6)7)42(33-21,34-22)26-31-19/h19-24,35-37H,12-15H2,1-11H3. The summed E-state index contributed by atoms with van der Waals surface area (Å²) in [7, 11) is -21.7. The molecule has 42 heavy (non-hydrogen) atoms. The van der Waals surface area contributed by atoms with Gasteiger partial charge in [-0.25, -0.2) is 0 Å². The summed E-state index contributed by atoms with van der Waals surface area (Å²) in [6, 6.07) is 0.497. The second-order valence-electron chi connectivity index (χ2n) is 11.9. The van der Waals surface area contributed by atoms with Crippen LogP contribution < -0.4 is 0 Å². The van der Waals surface area contributed by atoms with Crippen molar-refractivity contribution in [1.82, 2.24) is 0 Å². The molecule has 0 aliphatic rings. The highest BCUT2D eigenvalue weighted by molar-refractivity contribution is 7.97. The Labute approximate surface area is 270 Å². The maximum atomic E-state index is 12.4. The Morgan fingerprint density at radius 3 is 1.81 bits per heavy atom. The van der Waals surface area contributed by atoms with Crippen molar-refractivity contribution in [2.45, 2.75) is 92.0 Å². The number of hydrogen-bond donors (Lipinski definition) is 6. The largest absolute Gasteiger partial charge is 0.465 e. The number of carbonyl (C=O) groups excluding carboxylic acids is 1. The van der Waals surface area contributed by atoms with Gasteiger partial charge in [0, 0.05) is 0 Å². The molecule has 0 saturated heterocycles. The van der Waals surface area contributed by atoms with Gasteiger partial charge < -0.3 is 54.1 Å². The molecule has 0 aromatic rings. The van der Waals surface area contributed by atoms with E-state index in [9.17, 15) is 33.6 Å². The summed E-state index contributed by atoms with van der Waals surface area (Å²) in [6.07, 6.45) is 1.16. The molecule has 13 nitrogen and oxygen atoms in total. The van der Waals surface area contributed by atoms with Crippen LogP contribution in [0.15, 0.2) is 0 Å². The molecule has 0 spiro atoms. The van der Waals surface area contributed by atoms with Crippen LogP contribution in [-0.2, 0) is 30.1 Å². The van der Waals surface area contributed by atoms with Gasteiger partial charge in [-0.05, 0) is 72.0 Å². The van der Waals surface area contributed by atoms with Crippen LogP contribution in [0.1, 0.15) is 33.6 Å². The van der Waals surface area contributed by atoms with E-state index in [4.69, 9.17) is 25.3 Å². The van der Waals surface area contributed by atoms with E-state index in [0.717, 1.165) is 0 Å². The maximum Gasteiger partial charge on any atom is 0.418 e. The van der Waals surface area contributed by atoms with Crippen LogP contribution in [0.2, 0.25) is 58.4 Å². The Kier molecular flexibility index (Phi) is 19.0. The van der Waals surface area contributed by atoms with Gasteiger partial charge in [0.2, 0.25) is 34.7 Å². The molecule has 0 bridgehead atoms. The highest BCUT2D eigenvalue weighted by Gasteiger charge is 2.77. The molecule has 8 radical (unpaired) electrons. The van der Waals surface area contributed by atoms with Crippen LogP contribution in [-0.4, -0.2) is 144 Å². The maximum absolute atomic E-state index is 12.4. The van der Waals surface area contributed by atoms with Gasteiger partial charge in [0.25, 0.3) is 16.2 Å². The lowest BCUT2D eigenvalue weighted by molar-refractivity contribution is -0.154. The van der Waals surface area contributed by atoms with Crippen molar-refractivity contribution in [1.29, 1.82) is 0 Å². The zero-order valence-electron chi connectivity index (χ0n) is 26.6. The zero-order valence-corrected chi connectivity index (χ0v) is 39.1. The van der Waals surface area contributed by atoms with E-state index < -0.39 is 108 Å². The van der Waals surface area contributed by atoms with Gasteiger partial charge in [0.15, 0.2) is 9.04 Å². The van der Waals surface area contributed by atoms with Gasteiger partial charge in [-0.3, -0.25) is 4.79 Å². The van der Waals surface area contributed by atoms with Crippen LogP contribution in [0.5, 0.6) is 0 Å². The molecule has 4 unspecified atom stereocenters. The molecule has 4 atom stereocenters. The van der Waals surface area contributed by atoms with Gasteiger partial charge in [-0.15, -0.1) is 0 Å². The minimum atomic E-state index is -4.37. The lowest BCUT2D eigenvalue weighted by atomic mass is 9.91. The van der Waals surface area contributed by atoms with Crippen LogP contribution in [0, 0.1) is 5.41 Å². The number of rotatable bonds is 22. The average molecular weight is 800 g/mol. The van der Waals surface area contributed by atoms with Crippen molar-refractivity contribution in [3.05, 3.63) is 0 Å². The molecule has 0 aromatic heterocycles. The van der Waals surface area contributed by atoms with Crippen LogP contribution in [0.4, 0.5) is 0 Å². The highest BCUT2D eigenvalue weighted by atomic mass is 30.2. The minimum Gasteiger partial charge on any atom is -0.465 e. The number of carbonyl (C=O) groups is 1. The Morgan fingerprint density at radius 2 is 1.43 bits per heavy atom. The van der Waals surface area contributed by atoms with Crippen molar-refractivity contribution in [2.24, 2.45) is 5.41 Å². The lowest BCUT2D eigenvalue weighted by Gasteiger charge is -2.53. The molecule has 0 saturated carbocycles. The van der Waals surface area contributed by atoms with Crippen molar-refractivity contribution < 1.29 is 58.9 Å². The van der Waals surface area contributed by atoms with Gasteiger partial charge in [-0.2, -0.15) is 0 Å². The van der Waals surface area contributed by atoms with E-state index in [2.05, 4.69) is 0 Å². The van der Waals surface area contributed by atoms with Gasteiger partial charge in [-0.1, -0.05) is 20.0 Å². The van der Waals surface area contributed by atoms with E-state index in [1.165, 1.54) is 13.1 Å². The van der Waals surface area contributed by atoms with Crippen molar-refractivity contribution in [2.75, 3.05) is 6.61 Å². The monoisotopic (exact) mass is 798 g/mol. The summed E-state index contributed by atoms with van der Waals surface area (Å²) in [4.78, 5) is 77.6. The Bertz CT molecular complexity index is 821. The summed E-state index contributed by atoms with van der Waals surface area (Å²) < 4.78 is 37.4. The van der Waals surface area contributed by atoms with E-state index in [0.29, 0.717) is 18.9 Å². The third-order valence-electron chi connectivity index (χ3n) is 6.56. The molecular formula is C17H50O13Si12. The van der Waals surface area contributed by atoms with E-state index >= 15 is 0 Å². The number of ether oxygens (including phenoxy) is 1. The zero-order chi connectivity index (χ0) is 33.2. The molecule has 0 aliphatic heterocycles. The third kappa shape index (κ3) is 11.7. The molecule has 0 heterocycles. The average Bonchev–Trinajstić information content (AvgIpc) is 2.86. The summed E-state index contributed by atoms with van der Waals surface area (Å²) >= 11 is 0. The van der Waals surface area contributed by atoms with Gasteiger partial charge in [0.1, 0.15) is 0 Å². The summed E-state index contributed by atoms with van der Waals surface area (Å²) in [5.74, 6) is -0.268. The van der Waals surface area contributed by atoms with E-state index in [-0.39, 0.29) is 12.6 Å². The van der Waals surface area contributed by atoms with Crippen LogP contribution in [0.25, 0.3) is 0 Å². The molecule has 0 aliphatic carbocycles. The normalized spacial score (nSPS) is 18.5. The van der Waals surface area contributed by atoms with Crippen molar-refractivity contribution in [3.8, 4) is 0 Å². The predicted octanol–water partition coefficient (Wildman–Crippen LogP) is -2.06. The van der Waals surface area contributed by atoms with Crippen LogP contribution >= 0.6 is 0 Å². The van der Waals surface area contributed by atoms with E-state index in [1.807, 2.05) is 53.5 Å². The molecule has 0 amide bonds. The Balaban J connectivity index is 6.59. The minimum absolute atomic E-state index is 0.204. The summed E-state index contributed by atoms with van der Waals surface area (Å²) in [5, 5.41) is 0. The predicted molar refractivity (Wildman–Crippen MR) is 183 cm³/mol. The fourth-order valence-electron chi connectivity index (χ4n) is 4.05. The molecule has 0 rings (SSSR count). The van der Waals surface area contributed by atoms with Crippen LogP contribution in [0.3, 0.4) is 0 Å². The first-order valence-electron chi connectivity index (χ1n) is 13.8. The quantitative estimate of drug-likeness (QED) is 0.0399. The molecule has 25 heteroatoms. The molecule has 244 valence electrons. The second kappa shape index (κ2) is 18.2. The summed E-state index contributed by atoms with van der Waals surface area (Å²) in [5.41, 5.74) is -0.576. The Hall–Kier alpha value is 1.63. The molecule has 6 N–H and O–H groups in total. The first-order valence-corrected chi connectivity index (χ1v) is 42.5. The third-order valence-corrected chi connectivity index (χ3v) is 92.3. The van der Waals surface area contributed by atoms with E-state index in [1.54, 1.807) is 6.55 Å². The fraction of sp³-hybridized carbons (Fsp3) is 0.941. The van der Waals surface area contributed by atoms with Gasteiger partial charge >= 0.3 is 40.7 Å². The first kappa shape index (κ1) is 43.6. The molecular weight excluding hydrogens is 749 g/mol. The molecule has 0 fully saturated rings.